The molecule has 0 atom stereocenters. The third-order valence-electron chi connectivity index (χ3n) is 3.06. The summed E-state index contributed by atoms with van der Waals surface area (Å²) in [7, 11) is 0. The first kappa shape index (κ1) is 12.6. The molecule has 1 aromatic carbocycles. The van der Waals surface area contributed by atoms with Gasteiger partial charge < -0.3 is 5.32 Å². The molecule has 5 nitrogen and oxygen atoms in total. The van der Waals surface area contributed by atoms with Crippen molar-refractivity contribution < 1.29 is 9.59 Å². The van der Waals surface area contributed by atoms with Crippen molar-refractivity contribution in [3.05, 3.63) is 47.7 Å². The Balaban J connectivity index is 2.32. The fourth-order valence-corrected chi connectivity index (χ4v) is 2.35. The predicted molar refractivity (Wildman–Crippen MR) is 76.8 cm³/mol. The van der Waals surface area contributed by atoms with Crippen LogP contribution in [0.3, 0.4) is 0 Å². The molecule has 2 heterocycles. The number of nitrogens with zero attached hydrogens (tertiary/aromatic N) is 2. The van der Waals surface area contributed by atoms with E-state index in [1.165, 1.54) is 11.1 Å². The van der Waals surface area contributed by atoms with Crippen molar-refractivity contribution in [2.45, 2.75) is 6.92 Å². The Labute approximate surface area is 120 Å². The quantitative estimate of drug-likeness (QED) is 0.596. The van der Waals surface area contributed by atoms with Crippen LogP contribution in [-0.2, 0) is 0 Å². The average molecular weight is 288 g/mol. The number of fused-ring (bicyclic) bond motifs is 2. The maximum absolute atomic E-state index is 12.3. The number of hydrogen-bond donors (Lipinski definition) is 1. The van der Waals surface area contributed by atoms with Crippen molar-refractivity contribution in [1.29, 1.82) is 0 Å². The van der Waals surface area contributed by atoms with E-state index in [1.807, 2.05) is 13.0 Å². The fraction of sp³-hybridized carbons (Fsp3) is 0.0714. The van der Waals surface area contributed by atoms with Crippen molar-refractivity contribution in [2.75, 3.05) is 10.2 Å². The van der Waals surface area contributed by atoms with Crippen LogP contribution in [0.25, 0.3) is 0 Å². The van der Waals surface area contributed by atoms with Gasteiger partial charge in [-0.05, 0) is 42.8 Å². The largest absolute Gasteiger partial charge is 0.326 e. The number of rotatable bonds is 0. The summed E-state index contributed by atoms with van der Waals surface area (Å²) in [4.78, 5) is 29.4. The first-order valence-corrected chi connectivity index (χ1v) is 6.32. The highest BCUT2D eigenvalue weighted by atomic mass is 35.5. The van der Waals surface area contributed by atoms with Crippen LogP contribution in [0.5, 0.6) is 0 Å². The van der Waals surface area contributed by atoms with Crippen LogP contribution >= 0.6 is 11.6 Å². The summed E-state index contributed by atoms with van der Waals surface area (Å²) in [5.41, 5.74) is 2.17. The molecule has 0 saturated carbocycles. The number of aromatic nitrogens is 1. The van der Waals surface area contributed by atoms with Crippen molar-refractivity contribution in [3.63, 3.8) is 0 Å². The Morgan fingerprint density at radius 3 is 2.90 bits per heavy atom. The van der Waals surface area contributed by atoms with E-state index in [1.54, 1.807) is 24.3 Å². The lowest BCUT2D eigenvalue weighted by Gasteiger charge is -2.19. The number of aryl methyl sites for hydroxylation is 1. The molecule has 20 heavy (non-hydrogen) atoms. The van der Waals surface area contributed by atoms with E-state index in [2.05, 4.69) is 10.3 Å². The molecule has 2 aromatic rings. The highest BCUT2D eigenvalue weighted by Gasteiger charge is 2.29. The Kier molecular flexibility index (Phi) is 2.91. The third-order valence-corrected chi connectivity index (χ3v) is 3.23. The summed E-state index contributed by atoms with van der Waals surface area (Å²) in [6.07, 6.45) is 1.54. The minimum absolute atomic E-state index is 0.293. The molecule has 0 radical (unpaired) electrons. The lowest BCUT2D eigenvalue weighted by molar-refractivity contribution is 0.102. The number of halogens is 1. The maximum Gasteiger partial charge on any atom is 0.326 e. The monoisotopic (exact) mass is 287 g/mol. The minimum Gasteiger partial charge on any atom is -0.319 e. The minimum atomic E-state index is -0.716. The summed E-state index contributed by atoms with van der Waals surface area (Å²) < 4.78 is 0. The molecule has 0 unspecified atom stereocenters. The summed E-state index contributed by atoms with van der Waals surface area (Å²) in [5.74, 6) is 0.0156. The Hall–Kier alpha value is -2.40. The Morgan fingerprint density at radius 1 is 1.35 bits per heavy atom. The summed E-state index contributed by atoms with van der Waals surface area (Å²) >= 11 is 5.68. The smallest absolute Gasteiger partial charge is 0.319 e. The first-order valence-electron chi connectivity index (χ1n) is 5.94. The number of amides is 2. The van der Waals surface area contributed by atoms with Crippen LogP contribution < -0.4 is 10.2 Å². The van der Waals surface area contributed by atoms with Gasteiger partial charge in [0.25, 0.3) is 5.91 Å². The third kappa shape index (κ3) is 1.92. The molecule has 1 aromatic heterocycles. The molecule has 2 amide bonds. The average Bonchev–Trinajstić information content (AvgIpc) is 2.53. The Morgan fingerprint density at radius 2 is 2.15 bits per heavy atom. The number of anilines is 3. The van der Waals surface area contributed by atoms with Gasteiger partial charge in [-0.2, -0.15) is 0 Å². The molecule has 3 rings (SSSR count). The van der Waals surface area contributed by atoms with E-state index < -0.39 is 5.37 Å². The van der Waals surface area contributed by atoms with Crippen LogP contribution in [0.4, 0.5) is 22.0 Å². The summed E-state index contributed by atoms with van der Waals surface area (Å²) in [5, 5.41) is 2.02. The molecule has 0 bridgehead atoms. The second-order valence-electron chi connectivity index (χ2n) is 4.44. The van der Waals surface area contributed by atoms with E-state index >= 15 is 0 Å². The summed E-state index contributed by atoms with van der Waals surface area (Å²) in [6.45, 7) is 1.87. The van der Waals surface area contributed by atoms with Crippen LogP contribution in [0.15, 0.2) is 36.5 Å². The second-order valence-corrected chi connectivity index (χ2v) is 4.76. The molecular formula is C14H10ClN3O2. The molecule has 1 N–H and O–H groups in total. The number of nitrogens with one attached hydrogen (secondary N) is 1. The van der Waals surface area contributed by atoms with Crippen LogP contribution in [0.2, 0.25) is 0 Å². The van der Waals surface area contributed by atoms with Crippen molar-refractivity contribution >= 4 is 40.1 Å². The van der Waals surface area contributed by atoms with Gasteiger partial charge in [0.15, 0.2) is 5.82 Å². The molecule has 1 aliphatic heterocycles. The van der Waals surface area contributed by atoms with Gasteiger partial charge in [-0.1, -0.05) is 11.6 Å². The van der Waals surface area contributed by atoms with Gasteiger partial charge in [0, 0.05) is 6.20 Å². The van der Waals surface area contributed by atoms with Crippen LogP contribution in [-0.4, -0.2) is 16.3 Å². The number of hydrogen-bond acceptors (Lipinski definition) is 3. The SMILES string of the molecule is Cc1ccc2c(c1)C(=O)Nc1cccnc1N2C(=O)Cl. The van der Waals surface area contributed by atoms with E-state index in [0.717, 1.165) is 5.56 Å². The van der Waals surface area contributed by atoms with Gasteiger partial charge in [-0.15, -0.1) is 0 Å². The predicted octanol–water partition coefficient (Wildman–Crippen LogP) is 3.45. The summed E-state index contributed by atoms with van der Waals surface area (Å²) in [6, 6.07) is 8.56. The topological polar surface area (TPSA) is 62.3 Å². The molecule has 0 saturated heterocycles. The zero-order valence-electron chi connectivity index (χ0n) is 10.6. The van der Waals surface area contributed by atoms with Crippen LogP contribution in [0.1, 0.15) is 15.9 Å². The standard InChI is InChI=1S/C14H10ClN3O2/c1-8-4-5-11-9(7-8)13(19)17-10-3-2-6-16-12(10)18(11)14(15)20/h2-7H,1H3,(H,17,19). The van der Waals surface area contributed by atoms with Gasteiger partial charge in [-0.25, -0.2) is 9.88 Å². The lowest BCUT2D eigenvalue weighted by atomic mass is 10.1. The van der Waals surface area contributed by atoms with Crippen LogP contribution in [0, 0.1) is 6.92 Å². The first-order chi connectivity index (χ1) is 9.58. The second kappa shape index (κ2) is 4.61. The molecule has 0 fully saturated rings. The van der Waals surface area contributed by atoms with Gasteiger partial charge >= 0.3 is 5.37 Å². The van der Waals surface area contributed by atoms with E-state index in [0.29, 0.717) is 22.8 Å². The van der Waals surface area contributed by atoms with E-state index in [-0.39, 0.29) is 5.91 Å². The van der Waals surface area contributed by atoms with Gasteiger partial charge in [0.1, 0.15) is 0 Å². The number of carbonyl (C=O) groups is 2. The lowest BCUT2D eigenvalue weighted by Crippen LogP contribution is -2.21. The number of benzene rings is 1. The zero-order chi connectivity index (χ0) is 14.3. The fourth-order valence-electron chi connectivity index (χ4n) is 2.18. The highest BCUT2D eigenvalue weighted by Crippen LogP contribution is 2.37. The number of carbonyl (C=O) groups excluding carboxylic acids is 2. The van der Waals surface area contributed by atoms with Crippen molar-refractivity contribution in [1.82, 2.24) is 4.98 Å². The molecular weight excluding hydrogens is 278 g/mol. The van der Waals surface area contributed by atoms with Gasteiger partial charge in [0.05, 0.1) is 16.9 Å². The number of pyridine rings is 1. The molecule has 6 heteroatoms. The van der Waals surface area contributed by atoms with Gasteiger partial charge in [-0.3, -0.25) is 9.59 Å². The highest BCUT2D eigenvalue weighted by molar-refractivity contribution is 6.67. The van der Waals surface area contributed by atoms with E-state index in [4.69, 9.17) is 11.6 Å². The normalized spacial score (nSPS) is 13.1. The van der Waals surface area contributed by atoms with Crippen molar-refractivity contribution in [3.8, 4) is 0 Å². The van der Waals surface area contributed by atoms with Crippen molar-refractivity contribution in [2.24, 2.45) is 0 Å². The maximum atomic E-state index is 12.3. The molecule has 0 aliphatic carbocycles. The zero-order valence-corrected chi connectivity index (χ0v) is 11.3. The molecule has 0 spiro atoms. The molecule has 100 valence electrons. The van der Waals surface area contributed by atoms with E-state index in [9.17, 15) is 9.59 Å². The molecule has 1 aliphatic rings. The van der Waals surface area contributed by atoms with Gasteiger partial charge in [0.2, 0.25) is 0 Å². The Bertz CT molecular complexity index is 730.